The van der Waals surface area contributed by atoms with Crippen LogP contribution >= 0.6 is 11.6 Å². The molecule has 232 valence electrons. The van der Waals surface area contributed by atoms with Gasteiger partial charge in [0.15, 0.2) is 0 Å². The second kappa shape index (κ2) is 14.1. The number of hydrogen-bond acceptors (Lipinski definition) is 5. The Bertz CT molecular complexity index is 1520. The van der Waals surface area contributed by atoms with Gasteiger partial charge in [-0.2, -0.15) is 13.2 Å². The number of methoxy groups -OCH3 is 1. The number of nitrogens with one attached hydrogen (secondary N) is 1. The quantitative estimate of drug-likeness (QED) is 0.267. The molecular formula is C30H33ClF3N3O5S. The molecule has 0 spiro atoms. The molecule has 0 aliphatic rings. The number of nitrogens with zero attached hydrogens (tertiary/aromatic N) is 2. The zero-order valence-corrected chi connectivity index (χ0v) is 25.6. The lowest BCUT2D eigenvalue weighted by atomic mass is 10.1. The Balaban J connectivity index is 2.11. The topological polar surface area (TPSA) is 96.0 Å². The number of benzene rings is 3. The summed E-state index contributed by atoms with van der Waals surface area (Å²) in [5.41, 5.74) is -1.08. The summed E-state index contributed by atoms with van der Waals surface area (Å²) < 4.78 is 74.4. The van der Waals surface area contributed by atoms with Gasteiger partial charge in [-0.25, -0.2) is 8.42 Å². The van der Waals surface area contributed by atoms with Crippen molar-refractivity contribution in [3.8, 4) is 5.75 Å². The van der Waals surface area contributed by atoms with Crippen molar-refractivity contribution in [3.05, 3.63) is 88.9 Å². The third kappa shape index (κ3) is 8.41. The van der Waals surface area contributed by atoms with Gasteiger partial charge in [0.1, 0.15) is 18.3 Å². The van der Waals surface area contributed by atoms with Crippen molar-refractivity contribution in [1.29, 1.82) is 0 Å². The molecule has 0 aromatic heterocycles. The van der Waals surface area contributed by atoms with E-state index in [1.165, 1.54) is 43.2 Å². The molecule has 2 atom stereocenters. The Morgan fingerprint density at radius 2 is 1.63 bits per heavy atom. The van der Waals surface area contributed by atoms with Crippen LogP contribution in [0.1, 0.15) is 38.3 Å². The van der Waals surface area contributed by atoms with Crippen LogP contribution in [0.25, 0.3) is 0 Å². The number of halogens is 4. The summed E-state index contributed by atoms with van der Waals surface area (Å²) >= 11 is 6.27. The first-order valence-electron chi connectivity index (χ1n) is 13.4. The zero-order chi connectivity index (χ0) is 31.9. The minimum Gasteiger partial charge on any atom is -0.497 e. The van der Waals surface area contributed by atoms with E-state index in [0.29, 0.717) is 28.1 Å². The normalized spacial score (nSPS) is 13.1. The van der Waals surface area contributed by atoms with Gasteiger partial charge in [-0.1, -0.05) is 48.9 Å². The third-order valence-electron chi connectivity index (χ3n) is 6.83. The van der Waals surface area contributed by atoms with Crippen LogP contribution in [-0.2, 0) is 32.3 Å². The molecule has 13 heteroatoms. The Morgan fingerprint density at radius 3 is 2.19 bits per heavy atom. The molecule has 0 bridgehead atoms. The smallest absolute Gasteiger partial charge is 0.416 e. The molecule has 0 fully saturated rings. The van der Waals surface area contributed by atoms with E-state index in [2.05, 4.69) is 5.32 Å². The van der Waals surface area contributed by atoms with Crippen LogP contribution in [-0.4, -0.2) is 50.9 Å². The molecule has 0 saturated carbocycles. The minimum absolute atomic E-state index is 0.104. The lowest BCUT2D eigenvalue weighted by molar-refractivity contribution is -0.139. The summed E-state index contributed by atoms with van der Waals surface area (Å²) in [6.45, 7) is 4.13. The summed E-state index contributed by atoms with van der Waals surface area (Å²) in [7, 11) is -3.11. The first-order chi connectivity index (χ1) is 20.2. The number of ether oxygens (including phenoxy) is 1. The highest BCUT2D eigenvalue weighted by molar-refractivity contribution is 7.92. The number of sulfonamides is 1. The van der Waals surface area contributed by atoms with Crippen molar-refractivity contribution < 1.29 is 35.9 Å². The van der Waals surface area contributed by atoms with Gasteiger partial charge in [0, 0.05) is 12.6 Å². The Hall–Kier alpha value is -3.77. The van der Waals surface area contributed by atoms with Crippen LogP contribution in [0.15, 0.2) is 77.7 Å². The lowest BCUT2D eigenvalue weighted by Crippen LogP contribution is -2.52. The highest BCUT2D eigenvalue weighted by atomic mass is 35.5. The van der Waals surface area contributed by atoms with E-state index in [1.807, 2.05) is 6.92 Å². The molecule has 0 unspecified atom stereocenters. The number of alkyl halides is 3. The molecule has 1 N–H and O–H groups in total. The monoisotopic (exact) mass is 639 g/mol. The lowest BCUT2D eigenvalue weighted by Gasteiger charge is -2.33. The second-order valence-corrected chi connectivity index (χ2v) is 12.1. The summed E-state index contributed by atoms with van der Waals surface area (Å²) in [4.78, 5) is 28.0. The summed E-state index contributed by atoms with van der Waals surface area (Å²) in [6, 6.07) is 14.6. The maximum atomic E-state index is 14.0. The largest absolute Gasteiger partial charge is 0.497 e. The maximum Gasteiger partial charge on any atom is 0.416 e. The molecule has 3 rings (SSSR count). The number of anilines is 1. The molecule has 3 aromatic carbocycles. The number of amides is 2. The maximum absolute atomic E-state index is 14.0. The predicted molar refractivity (Wildman–Crippen MR) is 158 cm³/mol. The van der Waals surface area contributed by atoms with Crippen molar-refractivity contribution in [2.24, 2.45) is 0 Å². The molecule has 0 radical (unpaired) electrons. The first kappa shape index (κ1) is 33.7. The highest BCUT2D eigenvalue weighted by Crippen LogP contribution is 2.37. The van der Waals surface area contributed by atoms with Gasteiger partial charge >= 0.3 is 6.18 Å². The Morgan fingerprint density at radius 1 is 1.00 bits per heavy atom. The van der Waals surface area contributed by atoms with Crippen molar-refractivity contribution in [1.82, 2.24) is 10.2 Å². The van der Waals surface area contributed by atoms with Crippen LogP contribution in [0.4, 0.5) is 18.9 Å². The van der Waals surface area contributed by atoms with Gasteiger partial charge in [-0.3, -0.25) is 13.9 Å². The highest BCUT2D eigenvalue weighted by Gasteiger charge is 2.36. The first-order valence-corrected chi connectivity index (χ1v) is 15.2. The number of carbonyl (C=O) groups excluding carboxylic acids is 2. The summed E-state index contributed by atoms with van der Waals surface area (Å²) in [5.74, 6) is -0.759. The van der Waals surface area contributed by atoms with Gasteiger partial charge in [0.25, 0.3) is 10.0 Å². The van der Waals surface area contributed by atoms with Crippen molar-refractivity contribution in [2.45, 2.75) is 56.9 Å². The van der Waals surface area contributed by atoms with Crippen LogP contribution in [0.2, 0.25) is 5.02 Å². The van der Waals surface area contributed by atoms with Crippen molar-refractivity contribution in [2.75, 3.05) is 18.0 Å². The second-order valence-electron chi connectivity index (χ2n) is 9.85. The third-order valence-corrected chi connectivity index (χ3v) is 8.93. The molecule has 43 heavy (non-hydrogen) atoms. The van der Waals surface area contributed by atoms with Gasteiger partial charge in [0.2, 0.25) is 11.8 Å². The average molecular weight is 640 g/mol. The molecule has 8 nitrogen and oxygen atoms in total. The van der Waals surface area contributed by atoms with Crippen LogP contribution in [0.5, 0.6) is 5.75 Å². The van der Waals surface area contributed by atoms with Crippen LogP contribution < -0.4 is 14.4 Å². The van der Waals surface area contributed by atoms with Crippen molar-refractivity contribution in [3.63, 3.8) is 0 Å². The molecule has 2 amide bonds. The van der Waals surface area contributed by atoms with Crippen molar-refractivity contribution >= 4 is 39.1 Å². The van der Waals surface area contributed by atoms with Gasteiger partial charge in [-0.15, -0.1) is 0 Å². The van der Waals surface area contributed by atoms with Crippen LogP contribution in [0.3, 0.4) is 0 Å². The molecule has 0 aliphatic heterocycles. The van der Waals surface area contributed by atoms with E-state index in [0.717, 1.165) is 12.1 Å². The number of hydrogen-bond donors (Lipinski definition) is 1. The minimum atomic E-state index is -4.81. The predicted octanol–water partition coefficient (Wildman–Crippen LogP) is 5.89. The standard InChI is InChI=1S/C30H33ClF3N3O5S/c1-5-20(2)35-29(39)21(3)36(18-22-11-14-24(42-4)15-12-22)28(38)19-37(43(40,41)25-9-7-6-8-10-25)27-17-23(30(32,33)34)13-16-26(27)31/h6-17,20-21H,5,18-19H2,1-4H3,(H,35,39)/t20-,21+/m0/s1. The summed E-state index contributed by atoms with van der Waals surface area (Å²) in [5, 5.41) is 2.50. The fourth-order valence-electron chi connectivity index (χ4n) is 4.09. The van der Waals surface area contributed by atoms with Gasteiger partial charge in [0.05, 0.1) is 28.3 Å². The van der Waals surface area contributed by atoms with E-state index in [1.54, 1.807) is 37.3 Å². The number of carbonyl (C=O) groups is 2. The van der Waals surface area contributed by atoms with E-state index < -0.39 is 51.9 Å². The van der Waals surface area contributed by atoms with E-state index >= 15 is 0 Å². The van der Waals surface area contributed by atoms with Gasteiger partial charge in [-0.05, 0) is 68.3 Å². The fourth-order valence-corrected chi connectivity index (χ4v) is 5.80. The van der Waals surface area contributed by atoms with E-state index in [9.17, 15) is 31.2 Å². The molecule has 0 saturated heterocycles. The molecule has 0 aliphatic carbocycles. The average Bonchev–Trinajstić information content (AvgIpc) is 2.98. The molecule has 3 aromatic rings. The van der Waals surface area contributed by atoms with Gasteiger partial charge < -0.3 is 15.0 Å². The van der Waals surface area contributed by atoms with Crippen LogP contribution in [0, 0.1) is 0 Å². The molecular weight excluding hydrogens is 607 g/mol. The zero-order valence-electron chi connectivity index (χ0n) is 24.1. The Labute approximate surface area is 254 Å². The molecule has 0 heterocycles. The van der Waals surface area contributed by atoms with E-state index in [-0.39, 0.29) is 22.5 Å². The number of rotatable bonds is 12. The SMILES string of the molecule is CC[C@H](C)NC(=O)[C@@H](C)N(Cc1ccc(OC)cc1)C(=O)CN(c1cc(C(F)(F)F)ccc1Cl)S(=O)(=O)c1ccccc1. The summed E-state index contributed by atoms with van der Waals surface area (Å²) in [6.07, 6.45) is -4.18. The van der Waals surface area contributed by atoms with E-state index in [4.69, 9.17) is 16.3 Å². The fraction of sp³-hybridized carbons (Fsp3) is 0.333. The Kier molecular flexibility index (Phi) is 11.1.